The molecule has 10 heteroatoms. The third kappa shape index (κ3) is 12.0. The van der Waals surface area contributed by atoms with Crippen molar-refractivity contribution in [3.63, 3.8) is 0 Å². The summed E-state index contributed by atoms with van der Waals surface area (Å²) in [6.07, 6.45) is -1.36. The van der Waals surface area contributed by atoms with Crippen LogP contribution in [0.2, 0.25) is 5.02 Å². The molecule has 0 N–H and O–H groups in total. The topological polar surface area (TPSA) is 69.6 Å². The van der Waals surface area contributed by atoms with Gasteiger partial charge in [0, 0.05) is 5.02 Å². The molecule has 1 aliphatic carbocycles. The number of halogens is 4. The van der Waals surface area contributed by atoms with Gasteiger partial charge in [0.25, 0.3) is 6.18 Å². The van der Waals surface area contributed by atoms with Crippen LogP contribution in [0.15, 0.2) is 47.5 Å². The molecule has 0 bridgehead atoms. The van der Waals surface area contributed by atoms with Gasteiger partial charge in [-0.2, -0.15) is 30.3 Å². The largest absolute Gasteiger partial charge is 1.00 e. The van der Waals surface area contributed by atoms with Crippen molar-refractivity contribution in [1.82, 2.24) is 0 Å². The van der Waals surface area contributed by atoms with Crippen LogP contribution < -0.4 is 24.0 Å². The molecule has 2 aromatic rings. The number of hydrogen-bond donors (Lipinski definition) is 0. The van der Waals surface area contributed by atoms with Gasteiger partial charge < -0.3 is 13.5 Å². The minimum atomic E-state index is -4.25. The maximum atomic E-state index is 12.1. The van der Waals surface area contributed by atoms with Crippen LogP contribution in [0.3, 0.4) is 0 Å². The van der Waals surface area contributed by atoms with E-state index in [0.29, 0.717) is 5.56 Å². The van der Waals surface area contributed by atoms with Crippen LogP contribution in [0.4, 0.5) is 13.2 Å². The Bertz CT molecular complexity index is 861. The van der Waals surface area contributed by atoms with E-state index in [1.54, 1.807) is 31.2 Å². The van der Waals surface area contributed by atoms with Gasteiger partial charge in [-0.1, -0.05) is 34.6 Å². The monoisotopic (exact) mass is 438 g/mol. The Morgan fingerprint density at radius 3 is 2.31 bits per heavy atom. The SMILES string of the molecule is C[S-](=O)=O.[CH2-]C(F)(F)F.[Li+].[O-]C(=NC1CCc2cc(Cl)ccc21)c1cc[c-]cc1. The Balaban J connectivity index is 0.000000668. The Hall–Kier alpha value is -1.46. The van der Waals surface area contributed by atoms with Crippen LogP contribution in [-0.2, 0) is 25.5 Å². The summed E-state index contributed by atoms with van der Waals surface area (Å²) in [6.45, 7) is 1.77. The standard InChI is InChI=1S/C16H13ClNO.C2H2F3.CH3O2S.Li/c17-13-7-8-14-12(10-13)6-9-15(14)18-16(19)11-4-2-1-3-5-11;1-2(3,4)5;1-4(2)3;/h2-5,7-8,10,15H,6,9H2,(H,18,19);1H2;1H3;/q3*-1;+1/p-1. The summed E-state index contributed by atoms with van der Waals surface area (Å²) in [5.41, 5.74) is 2.94. The van der Waals surface area contributed by atoms with E-state index >= 15 is 0 Å². The van der Waals surface area contributed by atoms with Crippen LogP contribution in [0.1, 0.15) is 29.2 Å². The third-order valence-corrected chi connectivity index (χ3v) is 3.62. The van der Waals surface area contributed by atoms with E-state index in [4.69, 9.17) is 20.0 Å². The summed E-state index contributed by atoms with van der Waals surface area (Å²) >= 11 is 5.97. The van der Waals surface area contributed by atoms with Crippen LogP contribution in [0.25, 0.3) is 0 Å². The number of nitrogens with zero attached hydrogens (tertiary/aromatic N) is 1. The van der Waals surface area contributed by atoms with E-state index in [2.05, 4.69) is 11.1 Å². The van der Waals surface area contributed by atoms with E-state index in [1.807, 2.05) is 18.2 Å². The zero-order valence-electron chi connectivity index (χ0n) is 15.8. The van der Waals surface area contributed by atoms with Gasteiger partial charge in [0.2, 0.25) is 0 Å². The van der Waals surface area contributed by atoms with Gasteiger partial charge in [0.1, 0.15) is 0 Å². The first kappa shape index (κ1) is 27.5. The molecule has 0 radical (unpaired) electrons. The quantitative estimate of drug-likeness (QED) is 0.233. The summed E-state index contributed by atoms with van der Waals surface area (Å²) in [7, 11) is -1.86. The average Bonchev–Trinajstić information content (AvgIpc) is 2.95. The fourth-order valence-corrected chi connectivity index (χ4v) is 2.64. The number of hydrogen-bond acceptors (Lipinski definition) is 5. The summed E-state index contributed by atoms with van der Waals surface area (Å²) in [4.78, 5) is 4.32. The average molecular weight is 439 g/mol. The second-order valence-corrected chi connectivity index (χ2v) is 6.88. The van der Waals surface area contributed by atoms with E-state index in [0.717, 1.165) is 29.7 Å². The number of aliphatic imine (C=N–C) groups is 1. The van der Waals surface area contributed by atoms with Gasteiger partial charge in [0.15, 0.2) is 0 Å². The van der Waals surface area contributed by atoms with Crippen molar-refractivity contribution in [2.75, 3.05) is 6.26 Å². The number of benzene rings is 2. The van der Waals surface area contributed by atoms with Crippen molar-refractivity contribution in [2.24, 2.45) is 4.99 Å². The molecule has 1 aliphatic rings. The summed E-state index contributed by atoms with van der Waals surface area (Å²) in [5.74, 6) is -0.165. The number of rotatable bonds is 2. The van der Waals surface area contributed by atoms with Gasteiger partial charge >= 0.3 is 18.9 Å². The van der Waals surface area contributed by atoms with Gasteiger partial charge in [-0.15, -0.1) is 5.56 Å². The number of aryl methyl sites for hydroxylation is 1. The molecule has 0 aliphatic heterocycles. The van der Waals surface area contributed by atoms with Gasteiger partial charge in [-0.3, -0.25) is 4.99 Å². The van der Waals surface area contributed by atoms with E-state index in [9.17, 15) is 18.3 Å². The normalized spacial score (nSPS) is 15.3. The van der Waals surface area contributed by atoms with Crippen LogP contribution in [0, 0.1) is 13.0 Å². The maximum absolute atomic E-state index is 12.1. The molecule has 0 aromatic heterocycles. The maximum Gasteiger partial charge on any atom is 1.00 e. The van der Waals surface area contributed by atoms with Crippen molar-refractivity contribution in [3.05, 3.63) is 77.2 Å². The predicted molar refractivity (Wildman–Crippen MR) is 100 cm³/mol. The van der Waals surface area contributed by atoms with Gasteiger partial charge in [-0.25, -0.2) is 20.1 Å². The minimum Gasteiger partial charge on any atom is -0.860 e. The van der Waals surface area contributed by atoms with Crippen LogP contribution in [-0.4, -0.2) is 18.3 Å². The summed E-state index contributed by atoms with van der Waals surface area (Å²) in [5, 5.41) is 12.8. The van der Waals surface area contributed by atoms with E-state index < -0.39 is 16.9 Å². The first-order valence-corrected chi connectivity index (χ1v) is 9.76. The third-order valence-electron chi connectivity index (χ3n) is 3.39. The van der Waals surface area contributed by atoms with Crippen molar-refractivity contribution in [1.29, 1.82) is 0 Å². The zero-order valence-corrected chi connectivity index (χ0v) is 17.4. The molecule has 0 spiro atoms. The second kappa shape index (κ2) is 13.0. The van der Waals surface area contributed by atoms with Gasteiger partial charge in [0.05, 0.1) is 6.04 Å². The first-order chi connectivity index (χ1) is 13.0. The van der Waals surface area contributed by atoms with Crippen molar-refractivity contribution in [2.45, 2.75) is 25.1 Å². The Kier molecular flexibility index (Phi) is 12.3. The van der Waals surface area contributed by atoms with E-state index in [1.165, 1.54) is 5.56 Å². The van der Waals surface area contributed by atoms with Gasteiger partial charge in [-0.05, 0) is 42.0 Å². The van der Waals surface area contributed by atoms with Crippen molar-refractivity contribution < 1.29 is 45.6 Å². The molecule has 0 heterocycles. The zero-order chi connectivity index (χ0) is 21.3. The number of alkyl halides is 3. The molecule has 1 unspecified atom stereocenters. The minimum absolute atomic E-state index is 0. The molecular weight excluding hydrogens is 422 g/mol. The van der Waals surface area contributed by atoms with Crippen LogP contribution >= 0.6 is 11.6 Å². The first-order valence-electron chi connectivity index (χ1n) is 7.90. The molecule has 0 amide bonds. The fourth-order valence-electron chi connectivity index (χ4n) is 2.44. The molecule has 2 aromatic carbocycles. The molecular formula is C19H17ClF3LiNO3S-3. The fraction of sp³-hybridized carbons (Fsp3) is 0.263. The second-order valence-electron chi connectivity index (χ2n) is 5.64. The molecule has 3 rings (SSSR count). The molecule has 0 saturated heterocycles. The summed E-state index contributed by atoms with van der Waals surface area (Å²) in [6, 6.07) is 15.6. The Labute approximate surface area is 186 Å². The van der Waals surface area contributed by atoms with Crippen molar-refractivity contribution in [3.8, 4) is 0 Å². The predicted octanol–water partition coefficient (Wildman–Crippen LogP) is 1.25. The Morgan fingerprint density at radius 2 is 1.79 bits per heavy atom. The Morgan fingerprint density at radius 1 is 1.28 bits per heavy atom. The smallest absolute Gasteiger partial charge is 0.860 e. The van der Waals surface area contributed by atoms with Crippen LogP contribution in [0.5, 0.6) is 0 Å². The van der Waals surface area contributed by atoms with E-state index in [-0.39, 0.29) is 30.8 Å². The molecule has 4 nitrogen and oxygen atoms in total. The molecule has 154 valence electrons. The molecule has 1 atom stereocenters. The summed E-state index contributed by atoms with van der Waals surface area (Å²) < 4.78 is 48.7. The molecule has 29 heavy (non-hydrogen) atoms. The molecule has 0 fully saturated rings. The van der Waals surface area contributed by atoms with Crippen molar-refractivity contribution >= 4 is 28.2 Å². The number of fused-ring (bicyclic) bond motifs is 1. The molecule has 0 saturated carbocycles.